The summed E-state index contributed by atoms with van der Waals surface area (Å²) in [6.07, 6.45) is 2.26. The summed E-state index contributed by atoms with van der Waals surface area (Å²) < 4.78 is 15.9. The second-order valence-corrected chi connectivity index (χ2v) is 8.61. The monoisotopic (exact) mass is 457 g/mol. The third kappa shape index (κ3) is 4.54. The van der Waals surface area contributed by atoms with E-state index < -0.39 is 12.0 Å². The van der Waals surface area contributed by atoms with Crippen LogP contribution >= 0.6 is 11.8 Å². The average Bonchev–Trinajstić information content (AvgIpc) is 3.46. The fraction of sp³-hybridized carbons (Fsp3) is 0.435. The molecule has 32 heavy (non-hydrogen) atoms. The smallest absolute Gasteiger partial charge is 0.338 e. The molecule has 1 aromatic carbocycles. The molecule has 0 bridgehead atoms. The quantitative estimate of drug-likeness (QED) is 0.629. The number of fused-ring (bicyclic) bond motifs is 1. The highest BCUT2D eigenvalue weighted by atomic mass is 32.2. The number of nitrogens with zero attached hydrogens (tertiary/aromatic N) is 2. The molecule has 1 aromatic rings. The van der Waals surface area contributed by atoms with Crippen LogP contribution in [0.3, 0.4) is 0 Å². The number of methoxy groups -OCH3 is 2. The summed E-state index contributed by atoms with van der Waals surface area (Å²) in [6.45, 7) is 3.07. The van der Waals surface area contributed by atoms with Crippen molar-refractivity contribution in [3.05, 3.63) is 52.2 Å². The number of allylic oxidation sites excluding steroid dienone is 1. The lowest BCUT2D eigenvalue weighted by atomic mass is 9.94. The minimum atomic E-state index is -0.451. The summed E-state index contributed by atoms with van der Waals surface area (Å²) in [6, 6.07) is 7.09. The number of aliphatic imine (C=N–C) groups is 1. The van der Waals surface area contributed by atoms with Crippen molar-refractivity contribution in [3.8, 4) is 5.75 Å². The van der Waals surface area contributed by atoms with Crippen molar-refractivity contribution in [2.75, 3.05) is 27.4 Å². The molecule has 8 nitrogen and oxygen atoms in total. The van der Waals surface area contributed by atoms with Gasteiger partial charge in [-0.3, -0.25) is 4.79 Å². The van der Waals surface area contributed by atoms with Gasteiger partial charge in [0.2, 0.25) is 5.91 Å². The fourth-order valence-electron chi connectivity index (χ4n) is 4.10. The summed E-state index contributed by atoms with van der Waals surface area (Å²) in [5, 5.41) is 5.63. The summed E-state index contributed by atoms with van der Waals surface area (Å²) in [5.74, 6) is 0.192. The van der Waals surface area contributed by atoms with Crippen molar-refractivity contribution in [3.63, 3.8) is 0 Å². The number of rotatable bonds is 7. The molecular weight excluding hydrogens is 430 g/mol. The third-order valence-electron chi connectivity index (χ3n) is 5.73. The molecule has 0 spiro atoms. The average molecular weight is 458 g/mol. The summed E-state index contributed by atoms with van der Waals surface area (Å²) in [4.78, 5) is 32.0. The largest absolute Gasteiger partial charge is 0.497 e. The molecule has 1 fully saturated rings. The number of amides is 1. The molecule has 0 unspecified atom stereocenters. The maximum atomic E-state index is 12.7. The maximum absolute atomic E-state index is 12.7. The number of nitrogens with one attached hydrogen (secondary N) is 1. The number of hydrogen-bond acceptors (Lipinski definition) is 8. The van der Waals surface area contributed by atoms with Gasteiger partial charge < -0.3 is 24.4 Å². The Morgan fingerprint density at radius 3 is 2.72 bits per heavy atom. The fourth-order valence-corrected chi connectivity index (χ4v) is 5.07. The predicted molar refractivity (Wildman–Crippen MR) is 122 cm³/mol. The highest BCUT2D eigenvalue weighted by molar-refractivity contribution is 8.16. The van der Waals surface area contributed by atoms with Crippen LogP contribution in [-0.4, -0.2) is 55.4 Å². The van der Waals surface area contributed by atoms with E-state index in [0.29, 0.717) is 17.8 Å². The molecule has 0 aliphatic carbocycles. The molecule has 1 amide bonds. The standard InChI is InChI=1S/C23H27N3O5S/c1-14-20(22(28)30-3)21(15-6-8-17(29-2)9-7-15)26-16(13-32-23(26)25-14)11-19(27)24-12-18-5-4-10-31-18/h6-9,13,18,21H,4-5,10-12H2,1-3H3,(H,24,27)/t18-,21+/m0/s1. The van der Waals surface area contributed by atoms with Crippen molar-refractivity contribution in [1.82, 2.24) is 10.2 Å². The van der Waals surface area contributed by atoms with Crippen molar-refractivity contribution >= 4 is 28.8 Å². The van der Waals surface area contributed by atoms with Gasteiger partial charge in [0.15, 0.2) is 5.17 Å². The first kappa shape index (κ1) is 22.4. The molecule has 4 rings (SSSR count). The molecule has 3 aliphatic rings. The van der Waals surface area contributed by atoms with Crippen LogP contribution < -0.4 is 10.1 Å². The lowest BCUT2D eigenvalue weighted by Crippen LogP contribution is -2.38. The van der Waals surface area contributed by atoms with Gasteiger partial charge in [0.05, 0.1) is 44.1 Å². The van der Waals surface area contributed by atoms with E-state index in [4.69, 9.17) is 14.2 Å². The van der Waals surface area contributed by atoms with E-state index in [0.717, 1.165) is 41.6 Å². The minimum absolute atomic E-state index is 0.0848. The molecular formula is C23H27N3O5S. The molecule has 2 atom stereocenters. The highest BCUT2D eigenvalue weighted by Gasteiger charge is 2.41. The van der Waals surface area contributed by atoms with Gasteiger partial charge in [0, 0.05) is 18.8 Å². The van der Waals surface area contributed by atoms with Crippen LogP contribution in [0.25, 0.3) is 0 Å². The number of esters is 1. The first-order chi connectivity index (χ1) is 15.5. The summed E-state index contributed by atoms with van der Waals surface area (Å²) >= 11 is 1.45. The van der Waals surface area contributed by atoms with Gasteiger partial charge in [-0.05, 0) is 42.9 Å². The first-order valence-electron chi connectivity index (χ1n) is 10.6. The third-order valence-corrected chi connectivity index (χ3v) is 6.62. The van der Waals surface area contributed by atoms with Crippen LogP contribution in [0.2, 0.25) is 0 Å². The van der Waals surface area contributed by atoms with Gasteiger partial charge in [-0.2, -0.15) is 0 Å². The van der Waals surface area contributed by atoms with Crippen LogP contribution in [0.4, 0.5) is 0 Å². The van der Waals surface area contributed by atoms with Crippen molar-refractivity contribution in [1.29, 1.82) is 0 Å². The Kier molecular flexibility index (Phi) is 6.86. The molecule has 3 heterocycles. The number of carbonyl (C=O) groups is 2. The molecule has 1 saturated heterocycles. The van der Waals surface area contributed by atoms with Crippen LogP contribution in [0.15, 0.2) is 51.6 Å². The molecule has 0 radical (unpaired) electrons. The van der Waals surface area contributed by atoms with E-state index in [9.17, 15) is 9.59 Å². The second kappa shape index (κ2) is 9.79. The van der Waals surface area contributed by atoms with Crippen LogP contribution in [0, 0.1) is 0 Å². The zero-order valence-electron chi connectivity index (χ0n) is 18.4. The minimum Gasteiger partial charge on any atom is -0.497 e. The van der Waals surface area contributed by atoms with Crippen molar-refractivity contribution < 1.29 is 23.8 Å². The van der Waals surface area contributed by atoms with E-state index in [1.807, 2.05) is 34.6 Å². The second-order valence-electron chi connectivity index (χ2n) is 7.77. The van der Waals surface area contributed by atoms with E-state index in [-0.39, 0.29) is 18.4 Å². The van der Waals surface area contributed by atoms with E-state index >= 15 is 0 Å². The molecule has 3 aliphatic heterocycles. The van der Waals surface area contributed by atoms with Gasteiger partial charge in [0.25, 0.3) is 0 Å². The van der Waals surface area contributed by atoms with Gasteiger partial charge in [-0.1, -0.05) is 23.9 Å². The lowest BCUT2D eigenvalue weighted by Gasteiger charge is -2.36. The molecule has 1 N–H and O–H groups in total. The van der Waals surface area contributed by atoms with Gasteiger partial charge in [-0.15, -0.1) is 0 Å². The lowest BCUT2D eigenvalue weighted by molar-refractivity contribution is -0.136. The number of ether oxygens (including phenoxy) is 3. The summed E-state index contributed by atoms with van der Waals surface area (Å²) in [5.41, 5.74) is 2.72. The maximum Gasteiger partial charge on any atom is 0.338 e. The Morgan fingerprint density at radius 2 is 2.06 bits per heavy atom. The molecule has 9 heteroatoms. The van der Waals surface area contributed by atoms with Crippen LogP contribution in [0.1, 0.15) is 37.8 Å². The van der Waals surface area contributed by atoms with Gasteiger partial charge in [0.1, 0.15) is 5.75 Å². The van der Waals surface area contributed by atoms with Crippen LogP contribution in [0.5, 0.6) is 5.75 Å². The first-order valence-corrected chi connectivity index (χ1v) is 11.4. The van der Waals surface area contributed by atoms with Gasteiger partial charge in [-0.25, -0.2) is 9.79 Å². The van der Waals surface area contributed by atoms with E-state index in [2.05, 4.69) is 10.3 Å². The zero-order valence-corrected chi connectivity index (χ0v) is 19.2. The van der Waals surface area contributed by atoms with E-state index in [1.54, 1.807) is 14.0 Å². The van der Waals surface area contributed by atoms with E-state index in [1.165, 1.54) is 18.9 Å². The number of carbonyl (C=O) groups excluding carboxylic acids is 2. The Bertz CT molecular complexity index is 980. The predicted octanol–water partition coefficient (Wildman–Crippen LogP) is 3.13. The van der Waals surface area contributed by atoms with Crippen molar-refractivity contribution in [2.24, 2.45) is 4.99 Å². The zero-order chi connectivity index (χ0) is 22.7. The summed E-state index contributed by atoms with van der Waals surface area (Å²) in [7, 11) is 2.97. The number of thioether (sulfide) groups is 1. The highest BCUT2D eigenvalue weighted by Crippen LogP contribution is 2.45. The Morgan fingerprint density at radius 1 is 1.28 bits per heavy atom. The molecule has 0 aromatic heterocycles. The Balaban J connectivity index is 1.59. The SMILES string of the molecule is COC(=O)C1=C(C)N=C2SC=C(CC(=O)NC[C@@H]3CCCO3)N2[C@@H]1c1ccc(OC)cc1. The number of amidine groups is 1. The van der Waals surface area contributed by atoms with Crippen molar-refractivity contribution in [2.45, 2.75) is 38.3 Å². The topological polar surface area (TPSA) is 89.5 Å². The molecule has 0 saturated carbocycles. The number of hydrogen-bond donors (Lipinski definition) is 1. The van der Waals surface area contributed by atoms with Gasteiger partial charge >= 0.3 is 5.97 Å². The van der Waals surface area contributed by atoms with Crippen LogP contribution in [-0.2, 0) is 19.1 Å². The Hall–Kier alpha value is -2.78. The molecule has 170 valence electrons. The number of benzene rings is 1. The Labute approximate surface area is 191 Å². The normalized spacial score (nSPS) is 22.3.